The van der Waals surface area contributed by atoms with Gasteiger partial charge in [0.05, 0.1) is 69.1 Å². The first-order chi connectivity index (χ1) is 30.9. The summed E-state index contributed by atoms with van der Waals surface area (Å²) in [5, 5.41) is 25.5. The second-order valence-corrected chi connectivity index (χ2v) is 15.2. The Bertz CT molecular complexity index is 3140. The molecular formula is C50H36N6O8. The molecule has 2 aliphatic heterocycles. The van der Waals surface area contributed by atoms with E-state index in [1.165, 1.54) is 50.6 Å². The second-order valence-electron chi connectivity index (χ2n) is 15.2. The van der Waals surface area contributed by atoms with Crippen molar-refractivity contribution in [3.63, 3.8) is 0 Å². The number of nitrogens with one attached hydrogen (secondary N) is 2. The molecule has 5 heterocycles. The van der Waals surface area contributed by atoms with Crippen LogP contribution in [0.25, 0.3) is 90.9 Å². The molecule has 8 bridgehead atoms. The van der Waals surface area contributed by atoms with E-state index >= 15 is 0 Å². The average Bonchev–Trinajstić information content (AvgIpc) is 4.15. The summed E-state index contributed by atoms with van der Waals surface area (Å²) in [6.45, 7) is 3.94. The van der Waals surface area contributed by atoms with Crippen LogP contribution in [0.5, 0.6) is 0 Å². The molecule has 0 spiro atoms. The Morgan fingerprint density at radius 1 is 0.484 bits per heavy atom. The molecule has 14 heteroatoms. The number of hydrogen-bond acceptors (Lipinski definition) is 10. The van der Waals surface area contributed by atoms with Crippen molar-refractivity contribution in [2.24, 2.45) is 0 Å². The van der Waals surface area contributed by atoms with Crippen LogP contribution in [0.3, 0.4) is 0 Å². The zero-order chi connectivity index (χ0) is 44.8. The maximum atomic E-state index is 12.9. The van der Waals surface area contributed by atoms with Crippen molar-refractivity contribution in [3.8, 4) is 44.5 Å². The van der Waals surface area contributed by atoms with E-state index in [1.807, 2.05) is 86.7 Å². The lowest BCUT2D eigenvalue weighted by Gasteiger charge is -2.09. The Balaban J connectivity index is 1.50. The molecule has 7 aromatic rings. The molecule has 2 aliphatic rings. The molecule has 0 aliphatic carbocycles. The maximum Gasteiger partial charge on any atom is 0.337 e. The number of carbonyl (C=O) groups excluding carboxylic acids is 2. The number of aromatic amines is 2. The molecule has 0 unspecified atom stereocenters. The van der Waals surface area contributed by atoms with Gasteiger partial charge in [0.25, 0.3) is 11.4 Å². The van der Waals surface area contributed by atoms with E-state index in [9.17, 15) is 29.8 Å². The summed E-state index contributed by atoms with van der Waals surface area (Å²) in [6.07, 6.45) is 7.16. The highest BCUT2D eigenvalue weighted by Crippen LogP contribution is 2.42. The standard InChI is InChI=1S/C50H36N6O8/c1-27-5-9-29(10-6-27)45-35-15-19-39(51-35)47(33-25-31(49(57)63-3)13-23-43(33)55(59)60)41-21-17-37(53-41)46(30-11-7-28(2)8-12-30)38-18-22-42(54-38)48(40-20-16-36(45)52-40)34-26-32(50(58)64-4)14-24-44(34)56(61)62/h5-26,51,54H,1-4H3. The number of benzene rings is 4. The normalized spacial score (nSPS) is 11.7. The minimum atomic E-state index is -0.669. The van der Waals surface area contributed by atoms with Gasteiger partial charge in [-0.05, 0) is 97.8 Å². The number of nitrogens with zero attached hydrogens (tertiary/aromatic N) is 4. The van der Waals surface area contributed by atoms with Gasteiger partial charge in [-0.3, -0.25) is 20.2 Å². The van der Waals surface area contributed by atoms with Gasteiger partial charge in [-0.2, -0.15) is 0 Å². The van der Waals surface area contributed by atoms with Gasteiger partial charge in [0.1, 0.15) is 0 Å². The third-order valence-electron chi connectivity index (χ3n) is 11.2. The highest BCUT2D eigenvalue weighted by Gasteiger charge is 2.27. The summed E-state index contributed by atoms with van der Waals surface area (Å²) in [5.74, 6) is -1.34. The topological polar surface area (TPSA) is 196 Å². The van der Waals surface area contributed by atoms with Gasteiger partial charge in [-0.1, -0.05) is 59.7 Å². The first kappa shape index (κ1) is 40.6. The van der Waals surface area contributed by atoms with Gasteiger partial charge in [-0.15, -0.1) is 0 Å². The Morgan fingerprint density at radius 3 is 1.14 bits per heavy atom. The zero-order valence-corrected chi connectivity index (χ0v) is 34.8. The third kappa shape index (κ3) is 7.28. The lowest BCUT2D eigenvalue weighted by atomic mass is 9.99. The molecule has 0 radical (unpaired) electrons. The third-order valence-corrected chi connectivity index (χ3v) is 11.2. The molecule has 0 saturated carbocycles. The van der Waals surface area contributed by atoms with Crippen molar-refractivity contribution in [1.29, 1.82) is 0 Å². The smallest absolute Gasteiger partial charge is 0.337 e. The molecule has 4 aromatic carbocycles. The summed E-state index contributed by atoms with van der Waals surface area (Å²) in [4.78, 5) is 67.7. The fourth-order valence-electron chi connectivity index (χ4n) is 8.10. The summed E-state index contributed by atoms with van der Waals surface area (Å²) in [7, 11) is 2.49. The van der Waals surface area contributed by atoms with Gasteiger partial charge in [0.15, 0.2) is 0 Å². The van der Waals surface area contributed by atoms with Crippen LogP contribution < -0.4 is 0 Å². The summed E-state index contributed by atoms with van der Waals surface area (Å²) in [5.41, 5.74) is 9.36. The van der Waals surface area contributed by atoms with Crippen LogP contribution in [-0.4, -0.2) is 55.9 Å². The Morgan fingerprint density at radius 2 is 0.812 bits per heavy atom. The Kier molecular flexibility index (Phi) is 10.3. The van der Waals surface area contributed by atoms with Crippen LogP contribution in [-0.2, 0) is 9.47 Å². The highest BCUT2D eigenvalue weighted by atomic mass is 16.6. The SMILES string of the molecule is COC(=O)c1ccc([N+](=O)[O-])c(-c2c3nc(c(-c4ccc(C)cc4)c4ccc([nH]4)c(-c4cc(C(=O)OC)ccc4[N+](=O)[O-])c4nc(c(-c5ccc(C)cc5)c5ccc2[nH]5)C=C4)C=C3)c1. The number of aromatic nitrogens is 4. The molecule has 0 fully saturated rings. The van der Waals surface area contributed by atoms with Crippen molar-refractivity contribution < 1.29 is 28.9 Å². The molecule has 9 rings (SSSR count). The zero-order valence-electron chi connectivity index (χ0n) is 34.8. The number of fused-ring (bicyclic) bond motifs is 8. The number of esters is 2. The molecule has 314 valence electrons. The molecule has 3 aromatic heterocycles. The van der Waals surface area contributed by atoms with Crippen molar-refractivity contribution in [1.82, 2.24) is 19.9 Å². The second kappa shape index (κ2) is 16.2. The molecule has 0 saturated heterocycles. The van der Waals surface area contributed by atoms with Crippen LogP contribution in [0.15, 0.2) is 109 Å². The molecule has 0 amide bonds. The quantitative estimate of drug-likeness (QED) is 0.0843. The van der Waals surface area contributed by atoms with Gasteiger partial charge < -0.3 is 19.4 Å². The van der Waals surface area contributed by atoms with Gasteiger partial charge in [0.2, 0.25) is 0 Å². The molecule has 2 N–H and O–H groups in total. The number of ether oxygens (including phenoxy) is 2. The van der Waals surface area contributed by atoms with Gasteiger partial charge >= 0.3 is 11.9 Å². The van der Waals surface area contributed by atoms with Crippen LogP contribution in [0.1, 0.15) is 54.6 Å². The number of rotatable bonds is 8. The number of hydrogen-bond donors (Lipinski definition) is 2. The largest absolute Gasteiger partial charge is 0.465 e. The molecule has 64 heavy (non-hydrogen) atoms. The van der Waals surface area contributed by atoms with E-state index in [-0.39, 0.29) is 33.6 Å². The van der Waals surface area contributed by atoms with E-state index < -0.39 is 21.8 Å². The Labute approximate surface area is 364 Å². The average molecular weight is 849 g/mol. The lowest BCUT2D eigenvalue weighted by molar-refractivity contribution is -0.384. The highest BCUT2D eigenvalue weighted by molar-refractivity contribution is 6.03. The Hall–Kier alpha value is -8.78. The number of nitro benzene ring substituents is 2. The van der Waals surface area contributed by atoms with E-state index in [0.717, 1.165) is 22.3 Å². The van der Waals surface area contributed by atoms with Crippen molar-refractivity contribution in [2.75, 3.05) is 14.2 Å². The minimum absolute atomic E-state index is 0.108. The summed E-state index contributed by atoms with van der Waals surface area (Å²) in [6, 6.07) is 31.1. The fourth-order valence-corrected chi connectivity index (χ4v) is 8.10. The molecular weight excluding hydrogens is 813 g/mol. The molecule has 0 atom stereocenters. The monoisotopic (exact) mass is 848 g/mol. The van der Waals surface area contributed by atoms with Gasteiger partial charge in [0, 0.05) is 56.5 Å². The van der Waals surface area contributed by atoms with E-state index in [0.29, 0.717) is 67.1 Å². The lowest BCUT2D eigenvalue weighted by Crippen LogP contribution is -2.03. The van der Waals surface area contributed by atoms with Gasteiger partial charge in [-0.25, -0.2) is 19.6 Å². The predicted octanol–water partition coefficient (Wildman–Crippen LogP) is 11.3. The van der Waals surface area contributed by atoms with E-state index in [2.05, 4.69) is 9.97 Å². The van der Waals surface area contributed by atoms with E-state index in [4.69, 9.17) is 19.4 Å². The van der Waals surface area contributed by atoms with E-state index in [1.54, 1.807) is 24.3 Å². The molecule has 14 nitrogen and oxygen atoms in total. The number of carbonyl (C=O) groups is 2. The maximum absolute atomic E-state index is 12.9. The summed E-state index contributed by atoms with van der Waals surface area (Å²) >= 11 is 0. The van der Waals surface area contributed by atoms with Crippen molar-refractivity contribution in [2.45, 2.75) is 13.8 Å². The van der Waals surface area contributed by atoms with Crippen LogP contribution in [0, 0.1) is 34.1 Å². The number of methoxy groups -OCH3 is 2. The van der Waals surface area contributed by atoms with Crippen LogP contribution in [0.4, 0.5) is 11.4 Å². The summed E-state index contributed by atoms with van der Waals surface area (Å²) < 4.78 is 10.1. The predicted molar refractivity (Wildman–Crippen MR) is 246 cm³/mol. The first-order valence-electron chi connectivity index (χ1n) is 20.0. The number of H-pyrrole nitrogens is 2. The van der Waals surface area contributed by atoms with Crippen LogP contribution >= 0.6 is 0 Å². The van der Waals surface area contributed by atoms with Crippen molar-refractivity contribution >= 4 is 69.7 Å². The fraction of sp³-hybridized carbons (Fsp3) is 0.0800. The van der Waals surface area contributed by atoms with Crippen molar-refractivity contribution in [3.05, 3.63) is 174 Å². The van der Waals surface area contributed by atoms with Crippen LogP contribution in [0.2, 0.25) is 0 Å². The number of nitro groups is 2. The first-order valence-corrected chi connectivity index (χ1v) is 20.0. The number of aryl methyl sites for hydroxylation is 2. The minimum Gasteiger partial charge on any atom is -0.465 e.